The van der Waals surface area contributed by atoms with Crippen LogP contribution in [-0.2, 0) is 9.59 Å². The number of carbonyl (C=O) groups is 2. The lowest BCUT2D eigenvalue weighted by atomic mass is 10.1. The quantitative estimate of drug-likeness (QED) is 0.713. The molecule has 0 aromatic heterocycles. The summed E-state index contributed by atoms with van der Waals surface area (Å²) in [5, 5.41) is 8.45. The van der Waals surface area contributed by atoms with Gasteiger partial charge in [0.1, 0.15) is 0 Å². The summed E-state index contributed by atoms with van der Waals surface area (Å²) in [5.41, 5.74) is 0.766. The van der Waals surface area contributed by atoms with Crippen LogP contribution in [0.3, 0.4) is 0 Å². The molecule has 0 fully saturated rings. The van der Waals surface area contributed by atoms with E-state index in [1.54, 1.807) is 7.05 Å². The third-order valence-electron chi connectivity index (χ3n) is 2.67. The molecule has 5 nitrogen and oxygen atoms in total. The highest BCUT2D eigenvalue weighted by Gasteiger charge is 2.11. The van der Waals surface area contributed by atoms with Crippen LogP contribution in [-0.4, -0.2) is 32.0 Å². The van der Waals surface area contributed by atoms with Crippen molar-refractivity contribution in [1.82, 2.24) is 10.6 Å². The van der Waals surface area contributed by atoms with Crippen molar-refractivity contribution in [3.05, 3.63) is 30.3 Å². The van der Waals surface area contributed by atoms with Crippen LogP contribution in [0.15, 0.2) is 30.3 Å². The number of hydrogen-bond acceptors (Lipinski definition) is 3. The fourth-order valence-corrected chi connectivity index (χ4v) is 1.62. The molecule has 2 amide bonds. The van der Waals surface area contributed by atoms with Crippen LogP contribution in [0.5, 0.6) is 0 Å². The van der Waals surface area contributed by atoms with Crippen molar-refractivity contribution in [1.29, 1.82) is 0 Å². The van der Waals surface area contributed by atoms with Crippen molar-refractivity contribution < 1.29 is 9.59 Å². The first kappa shape index (κ1) is 18.4. The number of benzene rings is 1. The highest BCUT2D eigenvalue weighted by molar-refractivity contribution is 5.91. The number of amides is 2. The number of halogens is 1. The van der Waals surface area contributed by atoms with E-state index in [4.69, 9.17) is 0 Å². The highest BCUT2D eigenvalue weighted by Crippen LogP contribution is 2.05. The minimum absolute atomic E-state index is 0. The van der Waals surface area contributed by atoms with Crippen LogP contribution in [0.1, 0.15) is 13.3 Å². The normalized spacial score (nSPS) is 11.1. The second-order valence-electron chi connectivity index (χ2n) is 4.41. The Morgan fingerprint density at radius 2 is 1.85 bits per heavy atom. The fraction of sp³-hybridized carbons (Fsp3) is 0.429. The van der Waals surface area contributed by atoms with Crippen molar-refractivity contribution in [2.24, 2.45) is 5.92 Å². The lowest BCUT2D eigenvalue weighted by Crippen LogP contribution is -2.35. The summed E-state index contributed by atoms with van der Waals surface area (Å²) in [6, 6.07) is 9.25. The molecule has 0 aliphatic rings. The number of hydrogen-bond donors (Lipinski definition) is 3. The number of para-hydroxylation sites is 1. The zero-order valence-corrected chi connectivity index (χ0v) is 12.6. The first-order valence-corrected chi connectivity index (χ1v) is 6.40. The zero-order chi connectivity index (χ0) is 14.1. The molecule has 1 rings (SSSR count). The Morgan fingerprint density at radius 1 is 1.20 bits per heavy atom. The molecule has 1 unspecified atom stereocenters. The molecule has 6 heteroatoms. The third-order valence-corrected chi connectivity index (χ3v) is 2.67. The van der Waals surface area contributed by atoms with Gasteiger partial charge < -0.3 is 16.0 Å². The average molecular weight is 300 g/mol. The van der Waals surface area contributed by atoms with Gasteiger partial charge in [0.15, 0.2) is 0 Å². The van der Waals surface area contributed by atoms with E-state index in [-0.39, 0.29) is 36.6 Å². The highest BCUT2D eigenvalue weighted by atomic mass is 35.5. The summed E-state index contributed by atoms with van der Waals surface area (Å²) >= 11 is 0. The molecule has 112 valence electrons. The lowest BCUT2D eigenvalue weighted by Gasteiger charge is -2.11. The zero-order valence-electron chi connectivity index (χ0n) is 11.8. The lowest BCUT2D eigenvalue weighted by molar-refractivity contribution is -0.124. The smallest absolute Gasteiger partial charge is 0.226 e. The van der Waals surface area contributed by atoms with Crippen LogP contribution in [0.2, 0.25) is 0 Å². The summed E-state index contributed by atoms with van der Waals surface area (Å²) in [6.45, 7) is 2.82. The Labute approximate surface area is 125 Å². The minimum Gasteiger partial charge on any atom is -0.355 e. The summed E-state index contributed by atoms with van der Waals surface area (Å²) in [5.74, 6) is -0.239. The van der Waals surface area contributed by atoms with Crippen molar-refractivity contribution in [3.8, 4) is 0 Å². The maximum Gasteiger partial charge on any atom is 0.226 e. The predicted molar refractivity (Wildman–Crippen MR) is 83.0 cm³/mol. The van der Waals surface area contributed by atoms with Crippen LogP contribution >= 0.6 is 12.4 Å². The van der Waals surface area contributed by atoms with E-state index in [1.165, 1.54) is 0 Å². The minimum atomic E-state index is -0.104. The van der Waals surface area contributed by atoms with E-state index in [0.29, 0.717) is 13.1 Å². The molecule has 1 aromatic rings. The molecule has 3 N–H and O–H groups in total. The molecule has 0 aliphatic heterocycles. The van der Waals surface area contributed by atoms with Crippen molar-refractivity contribution in [2.45, 2.75) is 13.3 Å². The number of nitrogens with one attached hydrogen (secondary N) is 3. The topological polar surface area (TPSA) is 70.2 Å². The van der Waals surface area contributed by atoms with E-state index < -0.39 is 0 Å². The van der Waals surface area contributed by atoms with E-state index in [0.717, 1.165) is 5.69 Å². The van der Waals surface area contributed by atoms with Crippen LogP contribution in [0.25, 0.3) is 0 Å². The molecule has 20 heavy (non-hydrogen) atoms. The fourth-order valence-electron chi connectivity index (χ4n) is 1.62. The van der Waals surface area contributed by atoms with Crippen molar-refractivity contribution in [2.75, 3.05) is 25.5 Å². The van der Waals surface area contributed by atoms with E-state index in [9.17, 15) is 9.59 Å². The molecular weight excluding hydrogens is 278 g/mol. The molecule has 0 saturated carbocycles. The van der Waals surface area contributed by atoms with Crippen LogP contribution < -0.4 is 16.0 Å². The Bertz CT molecular complexity index is 412. The van der Waals surface area contributed by atoms with E-state index in [1.807, 2.05) is 37.3 Å². The van der Waals surface area contributed by atoms with Gasteiger partial charge >= 0.3 is 0 Å². The van der Waals surface area contributed by atoms with Gasteiger partial charge in [0.05, 0.1) is 0 Å². The van der Waals surface area contributed by atoms with Gasteiger partial charge in [0.2, 0.25) is 11.8 Å². The van der Waals surface area contributed by atoms with Gasteiger partial charge in [-0.05, 0) is 19.2 Å². The van der Waals surface area contributed by atoms with Crippen molar-refractivity contribution >= 4 is 29.9 Å². The van der Waals surface area contributed by atoms with Gasteiger partial charge in [-0.25, -0.2) is 0 Å². The average Bonchev–Trinajstić information content (AvgIpc) is 2.40. The van der Waals surface area contributed by atoms with Gasteiger partial charge in [0, 0.05) is 31.1 Å². The molecular formula is C14H22ClN3O2. The van der Waals surface area contributed by atoms with Crippen LogP contribution in [0, 0.1) is 5.92 Å². The number of carbonyl (C=O) groups excluding carboxylic acids is 2. The van der Waals surface area contributed by atoms with E-state index >= 15 is 0 Å². The summed E-state index contributed by atoms with van der Waals surface area (Å²) in [6.07, 6.45) is 0.271. The first-order chi connectivity index (χ1) is 9.13. The Kier molecular flexibility index (Phi) is 9.41. The molecule has 0 aliphatic carbocycles. The Morgan fingerprint density at radius 3 is 2.45 bits per heavy atom. The predicted octanol–water partition coefficient (Wildman–Crippen LogP) is 1.41. The number of anilines is 1. The van der Waals surface area contributed by atoms with Gasteiger partial charge in [-0.3, -0.25) is 9.59 Å². The molecule has 0 bridgehead atoms. The maximum atomic E-state index is 11.6. The molecule has 0 heterocycles. The molecule has 0 spiro atoms. The second kappa shape index (κ2) is 10.2. The first-order valence-electron chi connectivity index (χ1n) is 6.40. The molecule has 0 radical (unpaired) electrons. The third kappa shape index (κ3) is 7.11. The van der Waals surface area contributed by atoms with Crippen molar-refractivity contribution in [3.63, 3.8) is 0 Å². The van der Waals surface area contributed by atoms with Gasteiger partial charge in [-0.15, -0.1) is 12.4 Å². The SMILES string of the molecule is CNCC(C)C(=O)NCCC(=O)Nc1ccccc1.Cl. The molecule has 1 atom stereocenters. The van der Waals surface area contributed by atoms with Gasteiger partial charge in [0.25, 0.3) is 0 Å². The summed E-state index contributed by atoms with van der Waals surface area (Å²) in [7, 11) is 1.80. The van der Waals surface area contributed by atoms with Crippen LogP contribution in [0.4, 0.5) is 5.69 Å². The Hall–Kier alpha value is -1.59. The monoisotopic (exact) mass is 299 g/mol. The Balaban J connectivity index is 0.00000361. The second-order valence-corrected chi connectivity index (χ2v) is 4.41. The number of rotatable bonds is 7. The maximum absolute atomic E-state index is 11.6. The molecule has 0 saturated heterocycles. The molecule has 1 aromatic carbocycles. The largest absolute Gasteiger partial charge is 0.355 e. The van der Waals surface area contributed by atoms with E-state index in [2.05, 4.69) is 16.0 Å². The van der Waals surface area contributed by atoms with Gasteiger partial charge in [-0.1, -0.05) is 25.1 Å². The standard InChI is InChI=1S/C14H21N3O2.ClH/c1-11(10-15-2)14(19)16-9-8-13(18)17-12-6-4-3-5-7-12;/h3-7,11,15H,8-10H2,1-2H3,(H,16,19)(H,17,18);1H. The summed E-state index contributed by atoms with van der Waals surface area (Å²) < 4.78 is 0. The van der Waals surface area contributed by atoms with Gasteiger partial charge in [-0.2, -0.15) is 0 Å². The summed E-state index contributed by atoms with van der Waals surface area (Å²) in [4.78, 5) is 23.2.